The first kappa shape index (κ1) is 15.1. The number of hydrogen-bond acceptors (Lipinski definition) is 5. The molecular weight excluding hydrogens is 270 g/mol. The smallest absolute Gasteiger partial charge is 0.231 e. The lowest BCUT2D eigenvalue weighted by Gasteiger charge is -2.13. The van der Waals surface area contributed by atoms with E-state index in [0.29, 0.717) is 11.7 Å². The maximum atomic E-state index is 6.02. The summed E-state index contributed by atoms with van der Waals surface area (Å²) in [7, 11) is 0. The molecule has 2 N–H and O–H groups in total. The Morgan fingerprint density at radius 2 is 1.95 bits per heavy atom. The van der Waals surface area contributed by atoms with Gasteiger partial charge in [-0.25, -0.2) is 0 Å². The van der Waals surface area contributed by atoms with E-state index in [1.54, 1.807) is 0 Å². The lowest BCUT2D eigenvalue weighted by Crippen LogP contribution is -2.25. The van der Waals surface area contributed by atoms with Crippen LogP contribution < -0.4 is 5.73 Å². The summed E-state index contributed by atoms with van der Waals surface area (Å²) in [4.78, 5) is 5.71. The predicted molar refractivity (Wildman–Crippen MR) is 82.8 cm³/mol. The van der Waals surface area contributed by atoms with Crippen molar-refractivity contribution in [3.05, 3.63) is 30.2 Å². The highest BCUT2D eigenvalue weighted by Crippen LogP contribution is 2.24. The lowest BCUT2D eigenvalue weighted by atomic mass is 10.0. The van der Waals surface area contributed by atoms with Gasteiger partial charge in [-0.15, -0.1) is 11.8 Å². The number of benzene rings is 1. The van der Waals surface area contributed by atoms with E-state index in [2.05, 4.69) is 36.1 Å². The standard InChI is InChI=1S/C15H21N3OS/c1-4-13(16)10(3)15-17-14(18-19-15)11-6-8-12(9-7-11)20-5-2/h6-10,13H,4-5,16H2,1-3H3. The highest BCUT2D eigenvalue weighted by atomic mass is 32.2. The first-order valence-electron chi connectivity index (χ1n) is 6.98. The van der Waals surface area contributed by atoms with E-state index in [1.807, 2.05) is 30.8 Å². The van der Waals surface area contributed by atoms with Crippen molar-refractivity contribution in [2.45, 2.75) is 44.0 Å². The van der Waals surface area contributed by atoms with Crippen molar-refractivity contribution >= 4 is 11.8 Å². The molecule has 0 bridgehead atoms. The molecule has 1 heterocycles. The number of thioether (sulfide) groups is 1. The second-order valence-corrected chi connectivity index (χ2v) is 6.11. The van der Waals surface area contributed by atoms with E-state index >= 15 is 0 Å². The summed E-state index contributed by atoms with van der Waals surface area (Å²) in [5, 5.41) is 4.05. The fourth-order valence-corrected chi connectivity index (χ4v) is 2.60. The highest BCUT2D eigenvalue weighted by Gasteiger charge is 2.20. The molecule has 108 valence electrons. The fraction of sp³-hybridized carbons (Fsp3) is 0.467. The summed E-state index contributed by atoms with van der Waals surface area (Å²) in [5.74, 6) is 2.39. The van der Waals surface area contributed by atoms with Crippen molar-refractivity contribution in [3.8, 4) is 11.4 Å². The molecule has 1 aromatic carbocycles. The lowest BCUT2D eigenvalue weighted by molar-refractivity contribution is 0.340. The summed E-state index contributed by atoms with van der Waals surface area (Å²) in [5.41, 5.74) is 6.99. The van der Waals surface area contributed by atoms with E-state index in [4.69, 9.17) is 10.3 Å². The van der Waals surface area contributed by atoms with Crippen molar-refractivity contribution in [2.75, 3.05) is 5.75 Å². The van der Waals surface area contributed by atoms with Crippen LogP contribution in [0.3, 0.4) is 0 Å². The van der Waals surface area contributed by atoms with Gasteiger partial charge in [-0.3, -0.25) is 0 Å². The summed E-state index contributed by atoms with van der Waals surface area (Å²) in [6.07, 6.45) is 0.891. The summed E-state index contributed by atoms with van der Waals surface area (Å²) < 4.78 is 5.34. The van der Waals surface area contributed by atoms with Gasteiger partial charge in [0.1, 0.15) is 0 Å². The molecule has 0 radical (unpaired) electrons. The summed E-state index contributed by atoms with van der Waals surface area (Å²) in [6, 6.07) is 8.27. The number of rotatable bonds is 6. The zero-order chi connectivity index (χ0) is 14.5. The molecule has 0 aliphatic rings. The van der Waals surface area contributed by atoms with Crippen LogP contribution in [0, 0.1) is 0 Å². The Kier molecular flexibility index (Phi) is 5.20. The van der Waals surface area contributed by atoms with E-state index in [-0.39, 0.29) is 12.0 Å². The largest absolute Gasteiger partial charge is 0.339 e. The summed E-state index contributed by atoms with van der Waals surface area (Å²) >= 11 is 1.82. The monoisotopic (exact) mass is 291 g/mol. The van der Waals surface area contributed by atoms with E-state index in [0.717, 1.165) is 17.7 Å². The second-order valence-electron chi connectivity index (χ2n) is 4.77. The Labute approximate surface area is 124 Å². The quantitative estimate of drug-likeness (QED) is 0.822. The van der Waals surface area contributed by atoms with Crippen LogP contribution in [0.4, 0.5) is 0 Å². The van der Waals surface area contributed by atoms with Gasteiger partial charge in [-0.05, 0) is 36.4 Å². The van der Waals surface area contributed by atoms with Crippen LogP contribution in [0.25, 0.3) is 11.4 Å². The molecule has 2 aromatic rings. The Morgan fingerprint density at radius 1 is 1.25 bits per heavy atom. The average Bonchev–Trinajstić information content (AvgIpc) is 2.96. The van der Waals surface area contributed by atoms with E-state index < -0.39 is 0 Å². The van der Waals surface area contributed by atoms with Crippen LogP contribution in [-0.2, 0) is 0 Å². The van der Waals surface area contributed by atoms with E-state index in [1.165, 1.54) is 4.90 Å². The molecule has 0 spiro atoms. The number of nitrogens with two attached hydrogens (primary N) is 1. The van der Waals surface area contributed by atoms with Crippen molar-refractivity contribution in [3.63, 3.8) is 0 Å². The summed E-state index contributed by atoms with van der Waals surface area (Å²) in [6.45, 7) is 6.22. The highest BCUT2D eigenvalue weighted by molar-refractivity contribution is 7.99. The van der Waals surface area contributed by atoms with Crippen molar-refractivity contribution in [1.29, 1.82) is 0 Å². The van der Waals surface area contributed by atoms with Crippen molar-refractivity contribution in [1.82, 2.24) is 10.1 Å². The first-order valence-corrected chi connectivity index (χ1v) is 7.96. The zero-order valence-corrected chi connectivity index (χ0v) is 13.0. The Bertz CT molecular complexity index is 538. The third-order valence-corrected chi connectivity index (χ3v) is 4.26. The number of hydrogen-bond donors (Lipinski definition) is 1. The predicted octanol–water partition coefficient (Wildman–Crippen LogP) is 3.69. The van der Waals surface area contributed by atoms with Gasteiger partial charge in [0.15, 0.2) is 0 Å². The Hall–Kier alpha value is -1.33. The minimum atomic E-state index is 0.0478. The first-order chi connectivity index (χ1) is 9.65. The van der Waals surface area contributed by atoms with Gasteiger partial charge in [0.25, 0.3) is 0 Å². The molecule has 0 amide bonds. The number of nitrogens with zero attached hydrogens (tertiary/aromatic N) is 2. The minimum Gasteiger partial charge on any atom is -0.339 e. The maximum absolute atomic E-state index is 6.02. The normalized spacial score (nSPS) is 14.2. The zero-order valence-electron chi connectivity index (χ0n) is 12.2. The molecule has 2 rings (SSSR count). The average molecular weight is 291 g/mol. The molecule has 20 heavy (non-hydrogen) atoms. The molecule has 4 nitrogen and oxygen atoms in total. The third-order valence-electron chi connectivity index (χ3n) is 3.37. The molecule has 5 heteroatoms. The Morgan fingerprint density at radius 3 is 2.55 bits per heavy atom. The fourth-order valence-electron chi connectivity index (χ4n) is 1.94. The van der Waals surface area contributed by atoms with Gasteiger partial charge in [-0.2, -0.15) is 4.98 Å². The molecule has 1 aromatic heterocycles. The topological polar surface area (TPSA) is 64.9 Å². The number of aromatic nitrogens is 2. The third kappa shape index (κ3) is 3.41. The Balaban J connectivity index is 2.15. The van der Waals surface area contributed by atoms with Crippen LogP contribution in [0.15, 0.2) is 33.7 Å². The molecule has 0 fully saturated rings. The second kappa shape index (κ2) is 6.90. The maximum Gasteiger partial charge on any atom is 0.231 e. The molecule has 0 saturated carbocycles. The van der Waals surface area contributed by atoms with Crippen LogP contribution in [0.5, 0.6) is 0 Å². The van der Waals surface area contributed by atoms with Crippen LogP contribution in [0.1, 0.15) is 39.0 Å². The molecular formula is C15H21N3OS. The van der Waals surface area contributed by atoms with Crippen molar-refractivity contribution in [2.24, 2.45) is 5.73 Å². The van der Waals surface area contributed by atoms with Gasteiger partial charge < -0.3 is 10.3 Å². The molecule has 0 saturated heterocycles. The SMILES string of the molecule is CCSc1ccc(-c2noc(C(C)C(N)CC)n2)cc1. The molecule has 0 aliphatic heterocycles. The van der Waals surface area contributed by atoms with Gasteiger partial charge >= 0.3 is 0 Å². The van der Waals surface area contributed by atoms with Crippen LogP contribution in [-0.4, -0.2) is 21.9 Å². The van der Waals surface area contributed by atoms with E-state index in [9.17, 15) is 0 Å². The molecule has 2 unspecified atom stereocenters. The van der Waals surface area contributed by atoms with Gasteiger partial charge in [-0.1, -0.05) is 25.9 Å². The van der Waals surface area contributed by atoms with Gasteiger partial charge in [0, 0.05) is 16.5 Å². The van der Waals surface area contributed by atoms with Crippen LogP contribution in [0.2, 0.25) is 0 Å². The van der Waals surface area contributed by atoms with Crippen LogP contribution >= 0.6 is 11.8 Å². The van der Waals surface area contributed by atoms with Crippen molar-refractivity contribution < 1.29 is 4.52 Å². The van der Waals surface area contributed by atoms with Gasteiger partial charge in [0.05, 0.1) is 5.92 Å². The van der Waals surface area contributed by atoms with Gasteiger partial charge in [0.2, 0.25) is 11.7 Å². The molecule has 0 aliphatic carbocycles. The molecule has 2 atom stereocenters. The minimum absolute atomic E-state index is 0.0478.